The first kappa shape index (κ1) is 41.7. The third kappa shape index (κ3) is 8.75. The molecule has 11 rings (SSSR count). The van der Waals surface area contributed by atoms with Crippen LogP contribution in [0, 0.1) is 0 Å². The van der Waals surface area contributed by atoms with Gasteiger partial charge in [-0.25, -0.2) is 0 Å². The summed E-state index contributed by atoms with van der Waals surface area (Å²) < 4.78 is 0. The maximum Gasteiger partial charge on any atom is 0.0620 e. The molecule has 2 nitrogen and oxygen atoms in total. The van der Waals surface area contributed by atoms with Crippen molar-refractivity contribution in [2.75, 3.05) is 9.80 Å². The molecule has 11 aromatic carbocycles. The first-order valence-corrected chi connectivity index (χ1v) is 23.2. The third-order valence-electron chi connectivity index (χ3n) is 12.5. The van der Waals surface area contributed by atoms with Gasteiger partial charge < -0.3 is 9.80 Å². The highest BCUT2D eigenvalue weighted by atomic mass is 15.2. The van der Waals surface area contributed by atoms with E-state index >= 15 is 0 Å². The van der Waals surface area contributed by atoms with E-state index in [0.29, 0.717) is 0 Å². The first-order valence-electron chi connectivity index (χ1n) is 23.2. The molecule has 68 heavy (non-hydrogen) atoms. The number of para-hydroxylation sites is 4. The third-order valence-corrected chi connectivity index (χ3v) is 12.5. The van der Waals surface area contributed by atoms with Crippen molar-refractivity contribution in [1.29, 1.82) is 0 Å². The van der Waals surface area contributed by atoms with Crippen molar-refractivity contribution in [3.8, 4) is 22.3 Å². The molecule has 0 saturated heterocycles. The summed E-state index contributed by atoms with van der Waals surface area (Å²) in [6.45, 7) is 0. The fourth-order valence-electron chi connectivity index (χ4n) is 9.30. The van der Waals surface area contributed by atoms with Gasteiger partial charge in [0.15, 0.2) is 0 Å². The number of hydrogen-bond donors (Lipinski definition) is 0. The van der Waals surface area contributed by atoms with Crippen LogP contribution in [-0.4, -0.2) is 0 Å². The standard InChI is InChI=1S/C66H48N2/c1-7-21-49(22-8-1)37-39-51-25-19-27-53(45-51)55-41-43-61-63(47-55)65(67(57-29-11-3-12-30-57)58-31-13-4-14-32-58)62-44-42-56(54-28-20-26-52(46-54)40-38-50-23-9-2-10-24-50)48-64(62)66(61)68(59-33-15-5-16-34-59)60-35-17-6-18-36-60/h1-48H/b39-37+,40-38+. The van der Waals surface area contributed by atoms with Gasteiger partial charge in [-0.3, -0.25) is 0 Å². The molecule has 0 aliphatic rings. The van der Waals surface area contributed by atoms with E-state index in [0.717, 1.165) is 89.0 Å². The van der Waals surface area contributed by atoms with Crippen molar-refractivity contribution in [3.05, 3.63) is 289 Å². The number of hydrogen-bond acceptors (Lipinski definition) is 2. The van der Waals surface area contributed by atoms with Gasteiger partial charge in [-0.05, 0) is 117 Å². The summed E-state index contributed by atoms with van der Waals surface area (Å²) in [5.41, 5.74) is 15.8. The topological polar surface area (TPSA) is 6.48 Å². The SMILES string of the molecule is C(=C\c1cccc(-c2ccc3c(N(c4ccccc4)c4ccccc4)c4cc(-c5cccc(/C=C/c6ccccc6)c5)ccc4c(N(c4ccccc4)c4ccccc4)c3c2)c1)/c1ccccc1. The molecule has 0 unspecified atom stereocenters. The Morgan fingerprint density at radius 2 is 0.485 bits per heavy atom. The van der Waals surface area contributed by atoms with E-state index in [-0.39, 0.29) is 0 Å². The summed E-state index contributed by atoms with van der Waals surface area (Å²) in [5, 5.41) is 4.55. The molecular formula is C66H48N2. The zero-order chi connectivity index (χ0) is 45.5. The van der Waals surface area contributed by atoms with E-state index < -0.39 is 0 Å². The second kappa shape index (κ2) is 19.2. The zero-order valence-corrected chi connectivity index (χ0v) is 37.6. The number of nitrogens with zero attached hydrogens (tertiary/aromatic N) is 2. The molecule has 0 fully saturated rings. The van der Waals surface area contributed by atoms with Gasteiger partial charge in [0, 0.05) is 44.3 Å². The van der Waals surface area contributed by atoms with Crippen LogP contribution in [0.3, 0.4) is 0 Å². The summed E-state index contributed by atoms with van der Waals surface area (Å²) in [7, 11) is 0. The Morgan fingerprint density at radius 3 is 0.824 bits per heavy atom. The number of rotatable bonds is 12. The molecule has 0 atom stereocenters. The van der Waals surface area contributed by atoms with E-state index in [1.807, 2.05) is 0 Å². The average Bonchev–Trinajstić information content (AvgIpc) is 3.42. The second-order valence-corrected chi connectivity index (χ2v) is 17.0. The summed E-state index contributed by atoms with van der Waals surface area (Å²) >= 11 is 0. The predicted octanol–water partition coefficient (Wildman–Crippen LogP) is 18.6. The number of benzene rings is 11. The van der Waals surface area contributed by atoms with Crippen LogP contribution in [0.4, 0.5) is 34.1 Å². The molecule has 0 saturated carbocycles. The Kier molecular flexibility index (Phi) is 11.8. The Balaban J connectivity index is 1.21. The van der Waals surface area contributed by atoms with E-state index in [2.05, 4.69) is 301 Å². The van der Waals surface area contributed by atoms with E-state index in [1.54, 1.807) is 0 Å². The van der Waals surface area contributed by atoms with Crippen LogP contribution in [0.2, 0.25) is 0 Å². The molecular weight excluding hydrogens is 821 g/mol. The lowest BCUT2D eigenvalue weighted by Gasteiger charge is -2.33. The number of anilines is 6. The minimum Gasteiger partial charge on any atom is -0.309 e. The predicted molar refractivity (Wildman–Crippen MR) is 292 cm³/mol. The number of fused-ring (bicyclic) bond motifs is 2. The minimum absolute atomic E-state index is 1.08. The van der Waals surface area contributed by atoms with E-state index in [4.69, 9.17) is 0 Å². The van der Waals surface area contributed by atoms with Crippen LogP contribution in [0.15, 0.2) is 267 Å². The van der Waals surface area contributed by atoms with Crippen LogP contribution >= 0.6 is 0 Å². The largest absolute Gasteiger partial charge is 0.309 e. The van der Waals surface area contributed by atoms with Gasteiger partial charge in [-0.15, -0.1) is 0 Å². The van der Waals surface area contributed by atoms with Gasteiger partial charge in [-0.1, -0.05) is 218 Å². The zero-order valence-electron chi connectivity index (χ0n) is 37.6. The van der Waals surface area contributed by atoms with Crippen molar-refractivity contribution in [1.82, 2.24) is 0 Å². The average molecular weight is 869 g/mol. The van der Waals surface area contributed by atoms with Crippen molar-refractivity contribution in [2.45, 2.75) is 0 Å². The fraction of sp³-hybridized carbons (Fsp3) is 0. The molecule has 11 aromatic rings. The highest BCUT2D eigenvalue weighted by molar-refractivity contribution is 6.24. The van der Waals surface area contributed by atoms with Crippen LogP contribution in [-0.2, 0) is 0 Å². The molecule has 0 radical (unpaired) electrons. The van der Waals surface area contributed by atoms with Gasteiger partial charge in [0.1, 0.15) is 0 Å². The summed E-state index contributed by atoms with van der Waals surface area (Å²) in [5.74, 6) is 0. The van der Waals surface area contributed by atoms with Crippen molar-refractivity contribution in [2.24, 2.45) is 0 Å². The summed E-state index contributed by atoms with van der Waals surface area (Å²) in [4.78, 5) is 4.89. The quantitative estimate of drug-likeness (QED) is 0.0686. The van der Waals surface area contributed by atoms with Crippen molar-refractivity contribution < 1.29 is 0 Å². The van der Waals surface area contributed by atoms with Gasteiger partial charge >= 0.3 is 0 Å². The lowest BCUT2D eigenvalue weighted by Crippen LogP contribution is -2.14. The highest BCUT2D eigenvalue weighted by Gasteiger charge is 2.26. The van der Waals surface area contributed by atoms with Gasteiger partial charge in [-0.2, -0.15) is 0 Å². The molecule has 322 valence electrons. The minimum atomic E-state index is 1.08. The fourth-order valence-corrected chi connectivity index (χ4v) is 9.30. The molecule has 0 N–H and O–H groups in total. The summed E-state index contributed by atoms with van der Waals surface area (Å²) in [6.07, 6.45) is 8.77. The smallest absolute Gasteiger partial charge is 0.0620 e. The lowest BCUT2D eigenvalue weighted by molar-refractivity contribution is 1.29. The van der Waals surface area contributed by atoms with Crippen molar-refractivity contribution in [3.63, 3.8) is 0 Å². The van der Waals surface area contributed by atoms with E-state index in [9.17, 15) is 0 Å². The monoisotopic (exact) mass is 868 g/mol. The Labute approximate surface area is 399 Å². The Morgan fingerprint density at radius 1 is 0.206 bits per heavy atom. The second-order valence-electron chi connectivity index (χ2n) is 17.0. The molecule has 0 spiro atoms. The first-order chi connectivity index (χ1) is 33.7. The molecule has 2 heteroatoms. The van der Waals surface area contributed by atoms with Gasteiger partial charge in [0.2, 0.25) is 0 Å². The van der Waals surface area contributed by atoms with Crippen LogP contribution in [0.1, 0.15) is 22.3 Å². The van der Waals surface area contributed by atoms with Crippen LogP contribution < -0.4 is 9.80 Å². The summed E-state index contributed by atoms with van der Waals surface area (Å²) in [6, 6.07) is 96.0. The molecule has 0 amide bonds. The van der Waals surface area contributed by atoms with Gasteiger partial charge in [0.05, 0.1) is 11.4 Å². The van der Waals surface area contributed by atoms with Crippen LogP contribution in [0.25, 0.3) is 68.1 Å². The maximum absolute atomic E-state index is 2.45. The Hall–Kier alpha value is -8.98. The van der Waals surface area contributed by atoms with Crippen molar-refractivity contribution >= 4 is 80.0 Å². The lowest BCUT2D eigenvalue weighted by atomic mass is 9.90. The van der Waals surface area contributed by atoms with Crippen LogP contribution in [0.5, 0.6) is 0 Å². The normalized spacial score (nSPS) is 11.4. The van der Waals surface area contributed by atoms with E-state index in [1.165, 1.54) is 11.1 Å². The molecule has 0 aliphatic carbocycles. The van der Waals surface area contributed by atoms with Gasteiger partial charge in [0.25, 0.3) is 0 Å². The molecule has 0 aromatic heterocycles. The molecule has 0 heterocycles. The highest BCUT2D eigenvalue weighted by Crippen LogP contribution is 2.52. The molecule has 0 bridgehead atoms. The molecule has 0 aliphatic heterocycles. The maximum atomic E-state index is 2.45. The Bertz CT molecular complexity index is 3210.